The second-order valence-corrected chi connectivity index (χ2v) is 10.4. The van der Waals surface area contributed by atoms with Gasteiger partial charge in [-0.25, -0.2) is 16.8 Å². The Labute approximate surface area is 191 Å². The van der Waals surface area contributed by atoms with Crippen LogP contribution < -0.4 is 10.6 Å². The molecule has 0 atom stereocenters. The number of carbonyl (C=O) groups is 2. The predicted octanol–water partition coefficient (Wildman–Crippen LogP) is -0.993. The average Bonchev–Trinajstić information content (AvgIpc) is 2.29. The SMILES string of the molecule is CC(=O)NCC(C)(C)CS(=O)(=O)[O-].CC(=O)NCC(C)(C)CS(=O)(=O)[O-].[Ca+2]. The molecule has 0 bridgehead atoms. The van der Waals surface area contributed by atoms with Gasteiger partial charge in [-0.1, -0.05) is 27.7 Å². The molecule has 0 aliphatic heterocycles. The number of rotatable bonds is 8. The quantitative estimate of drug-likeness (QED) is 0.346. The molecule has 0 unspecified atom stereocenters. The fraction of sp³-hybridized carbons (Fsp3) is 0.857. The first kappa shape index (κ1) is 31.7. The van der Waals surface area contributed by atoms with E-state index in [2.05, 4.69) is 10.6 Å². The zero-order chi connectivity index (χ0) is 21.4. The Morgan fingerprint density at radius 2 is 0.963 bits per heavy atom. The molecule has 0 saturated carbocycles. The van der Waals surface area contributed by atoms with E-state index < -0.39 is 42.6 Å². The Kier molecular flexibility index (Phi) is 14.7. The van der Waals surface area contributed by atoms with Crippen molar-refractivity contribution in [3.8, 4) is 0 Å². The topological polar surface area (TPSA) is 173 Å². The van der Waals surface area contributed by atoms with Crippen LogP contribution in [0, 0.1) is 10.8 Å². The summed E-state index contributed by atoms with van der Waals surface area (Å²) in [6.07, 6.45) is 0. The van der Waals surface area contributed by atoms with Crippen LogP contribution >= 0.6 is 0 Å². The van der Waals surface area contributed by atoms with Crippen LogP contribution in [0.5, 0.6) is 0 Å². The molecule has 2 N–H and O–H groups in total. The van der Waals surface area contributed by atoms with Crippen LogP contribution in [0.3, 0.4) is 0 Å². The van der Waals surface area contributed by atoms with Crippen molar-refractivity contribution in [3.63, 3.8) is 0 Å². The molecule has 10 nitrogen and oxygen atoms in total. The zero-order valence-corrected chi connectivity index (χ0v) is 20.5. The third-order valence-electron chi connectivity index (χ3n) is 2.77. The summed E-state index contributed by atoms with van der Waals surface area (Å²) in [5, 5.41) is 4.93. The normalized spacial score (nSPS) is 12.1. The Morgan fingerprint density at radius 1 is 0.741 bits per heavy atom. The van der Waals surface area contributed by atoms with Crippen molar-refractivity contribution in [2.75, 3.05) is 24.6 Å². The summed E-state index contributed by atoms with van der Waals surface area (Å²) in [5.74, 6) is -1.42. The maximum Gasteiger partial charge on any atom is 2.00 e. The van der Waals surface area contributed by atoms with E-state index in [1.54, 1.807) is 27.7 Å². The van der Waals surface area contributed by atoms with Gasteiger partial charge in [-0.2, -0.15) is 0 Å². The minimum Gasteiger partial charge on any atom is -0.748 e. The van der Waals surface area contributed by atoms with Crippen molar-refractivity contribution in [3.05, 3.63) is 0 Å². The van der Waals surface area contributed by atoms with Crippen molar-refractivity contribution >= 4 is 69.8 Å². The second-order valence-electron chi connectivity index (χ2n) is 7.55. The molecule has 0 saturated heterocycles. The molecule has 2 amide bonds. The molecule has 156 valence electrons. The Morgan fingerprint density at radius 3 is 1.11 bits per heavy atom. The van der Waals surface area contributed by atoms with Crippen molar-refractivity contribution in [1.29, 1.82) is 0 Å². The van der Waals surface area contributed by atoms with Gasteiger partial charge >= 0.3 is 37.7 Å². The molecule has 0 aromatic carbocycles. The molecule has 0 radical (unpaired) electrons. The van der Waals surface area contributed by atoms with Crippen LogP contribution in [0.15, 0.2) is 0 Å². The minimum absolute atomic E-state index is 0. The molecule has 0 rings (SSSR count). The van der Waals surface area contributed by atoms with Crippen LogP contribution in [0.1, 0.15) is 41.5 Å². The van der Waals surface area contributed by atoms with E-state index in [0.29, 0.717) is 0 Å². The van der Waals surface area contributed by atoms with Gasteiger partial charge in [0.2, 0.25) is 11.8 Å². The molecular formula is C14H28CaN2O8S2. The first-order valence-corrected chi connectivity index (χ1v) is 10.8. The van der Waals surface area contributed by atoms with E-state index in [9.17, 15) is 35.5 Å². The van der Waals surface area contributed by atoms with Gasteiger partial charge in [0.05, 0.1) is 20.2 Å². The summed E-state index contributed by atoms with van der Waals surface area (Å²) in [4.78, 5) is 21.0. The van der Waals surface area contributed by atoms with Gasteiger partial charge in [-0.15, -0.1) is 0 Å². The summed E-state index contributed by atoms with van der Waals surface area (Å²) in [6, 6.07) is 0. The smallest absolute Gasteiger partial charge is 0.748 e. The van der Waals surface area contributed by atoms with Gasteiger partial charge in [0.25, 0.3) is 0 Å². The van der Waals surface area contributed by atoms with Crippen molar-refractivity contribution in [2.45, 2.75) is 41.5 Å². The summed E-state index contributed by atoms with van der Waals surface area (Å²) in [5.41, 5.74) is -1.43. The Balaban J connectivity index is -0.000000411. The third kappa shape index (κ3) is 26.0. The largest absolute Gasteiger partial charge is 2.00 e. The molecule has 0 heterocycles. The molecule has 0 aromatic rings. The van der Waals surface area contributed by atoms with E-state index in [1.165, 1.54) is 13.8 Å². The Bertz CT molecular complexity index is 628. The molecule has 0 fully saturated rings. The van der Waals surface area contributed by atoms with E-state index in [-0.39, 0.29) is 62.6 Å². The summed E-state index contributed by atoms with van der Waals surface area (Å²) >= 11 is 0. The van der Waals surface area contributed by atoms with Crippen molar-refractivity contribution in [2.24, 2.45) is 10.8 Å². The number of amides is 2. The van der Waals surface area contributed by atoms with Crippen LogP contribution in [0.25, 0.3) is 0 Å². The monoisotopic (exact) mass is 456 g/mol. The first-order chi connectivity index (χ1) is 11.2. The second kappa shape index (κ2) is 12.6. The zero-order valence-electron chi connectivity index (χ0n) is 16.6. The van der Waals surface area contributed by atoms with Gasteiger partial charge in [0.15, 0.2) is 0 Å². The number of nitrogens with one attached hydrogen (secondary N) is 2. The Hall–Kier alpha value is 0.0197. The van der Waals surface area contributed by atoms with Gasteiger partial charge in [-0.05, 0) is 10.8 Å². The summed E-state index contributed by atoms with van der Waals surface area (Å²) < 4.78 is 62.5. The first-order valence-electron chi connectivity index (χ1n) is 7.61. The summed E-state index contributed by atoms with van der Waals surface area (Å²) in [7, 11) is -8.46. The van der Waals surface area contributed by atoms with E-state index in [1.807, 2.05) is 0 Å². The van der Waals surface area contributed by atoms with Crippen molar-refractivity contribution < 1.29 is 35.5 Å². The van der Waals surface area contributed by atoms with Crippen LogP contribution in [0.4, 0.5) is 0 Å². The number of hydrogen-bond donors (Lipinski definition) is 2. The van der Waals surface area contributed by atoms with Crippen molar-refractivity contribution in [1.82, 2.24) is 10.6 Å². The van der Waals surface area contributed by atoms with Crippen LogP contribution in [-0.4, -0.2) is 100 Å². The molecule has 0 aliphatic rings. The molecule has 0 spiro atoms. The van der Waals surface area contributed by atoms with Gasteiger partial charge in [-0.3, -0.25) is 9.59 Å². The fourth-order valence-electron chi connectivity index (χ4n) is 1.79. The number of carbonyl (C=O) groups excluding carboxylic acids is 2. The maximum atomic E-state index is 10.5. The standard InChI is InChI=1S/2C7H15NO4S.Ca/c2*1-6(9)8-4-7(2,3)5-13(10,11)12;/h2*4-5H2,1-3H3,(H,8,9)(H,10,11,12);/q;;+2/p-2. The van der Waals surface area contributed by atoms with Gasteiger partial charge < -0.3 is 19.7 Å². The maximum absolute atomic E-state index is 10.5. The van der Waals surface area contributed by atoms with Gasteiger partial charge in [0.1, 0.15) is 0 Å². The minimum atomic E-state index is -4.23. The molecule has 0 aliphatic carbocycles. The average molecular weight is 457 g/mol. The number of hydrogen-bond acceptors (Lipinski definition) is 8. The van der Waals surface area contributed by atoms with Crippen LogP contribution in [0.2, 0.25) is 0 Å². The molecular weight excluding hydrogens is 428 g/mol. The predicted molar refractivity (Wildman–Crippen MR) is 99.8 cm³/mol. The van der Waals surface area contributed by atoms with E-state index in [4.69, 9.17) is 0 Å². The van der Waals surface area contributed by atoms with Gasteiger partial charge in [0, 0.05) is 38.4 Å². The van der Waals surface area contributed by atoms with E-state index >= 15 is 0 Å². The van der Waals surface area contributed by atoms with E-state index in [0.717, 1.165) is 0 Å². The fourth-order valence-corrected chi connectivity index (χ4v) is 3.91. The molecule has 27 heavy (non-hydrogen) atoms. The van der Waals surface area contributed by atoms with Crippen LogP contribution in [-0.2, 0) is 29.8 Å². The molecule has 13 heteroatoms. The third-order valence-corrected chi connectivity index (χ3v) is 5.04. The molecule has 0 aromatic heterocycles. The summed E-state index contributed by atoms with van der Waals surface area (Å²) in [6.45, 7) is 9.48.